The van der Waals surface area contributed by atoms with E-state index in [2.05, 4.69) is 22.1 Å². The molecule has 0 spiro atoms. The predicted octanol–water partition coefficient (Wildman–Crippen LogP) is 1.89. The number of rotatable bonds is 3. The van der Waals surface area contributed by atoms with E-state index in [1.807, 2.05) is 42.1 Å². The van der Waals surface area contributed by atoms with E-state index in [0.717, 1.165) is 25.3 Å². The highest BCUT2D eigenvalue weighted by atomic mass is 16.3. The fourth-order valence-electron chi connectivity index (χ4n) is 2.61. The lowest BCUT2D eigenvalue weighted by atomic mass is 10.2. The summed E-state index contributed by atoms with van der Waals surface area (Å²) >= 11 is 0. The van der Waals surface area contributed by atoms with Gasteiger partial charge in [-0.2, -0.15) is 5.10 Å². The van der Waals surface area contributed by atoms with Gasteiger partial charge < -0.3 is 10.0 Å². The summed E-state index contributed by atoms with van der Waals surface area (Å²) in [5.41, 5.74) is 1.24. The minimum atomic E-state index is -0.237. The summed E-state index contributed by atoms with van der Waals surface area (Å²) in [6.45, 7) is 3.71. The molecule has 2 heterocycles. The number of hydrogen-bond donors (Lipinski definition) is 1. The van der Waals surface area contributed by atoms with Crippen molar-refractivity contribution < 1.29 is 5.11 Å². The first-order chi connectivity index (χ1) is 9.24. The second kappa shape index (κ2) is 5.05. The van der Waals surface area contributed by atoms with Crippen molar-refractivity contribution in [2.45, 2.75) is 32.0 Å². The average Bonchev–Trinajstić information content (AvgIpc) is 3.00. The van der Waals surface area contributed by atoms with Crippen molar-refractivity contribution in [3.8, 4) is 0 Å². The first-order valence-corrected chi connectivity index (χ1v) is 6.76. The number of hydrogen-bond acceptors (Lipinski definition) is 3. The average molecular weight is 257 g/mol. The van der Waals surface area contributed by atoms with Crippen LogP contribution in [0.15, 0.2) is 42.6 Å². The van der Waals surface area contributed by atoms with Crippen LogP contribution in [-0.4, -0.2) is 33.6 Å². The zero-order chi connectivity index (χ0) is 13.2. The van der Waals surface area contributed by atoms with Gasteiger partial charge in [0.1, 0.15) is 0 Å². The van der Waals surface area contributed by atoms with Gasteiger partial charge in [0, 0.05) is 18.8 Å². The summed E-state index contributed by atoms with van der Waals surface area (Å²) in [4.78, 5) is 2.17. The SMILES string of the molecule is C[C@H]1[C@@H](O)CCN1c1ccn(Cc2ccccc2)n1. The zero-order valence-corrected chi connectivity index (χ0v) is 11.1. The highest BCUT2D eigenvalue weighted by molar-refractivity contribution is 5.40. The van der Waals surface area contributed by atoms with Crippen LogP contribution in [0.1, 0.15) is 18.9 Å². The Labute approximate surface area is 113 Å². The molecule has 1 N–H and O–H groups in total. The molecule has 0 saturated carbocycles. The Kier molecular flexibility index (Phi) is 3.25. The lowest BCUT2D eigenvalue weighted by molar-refractivity contribution is 0.170. The molecule has 0 unspecified atom stereocenters. The quantitative estimate of drug-likeness (QED) is 0.913. The molecule has 0 bridgehead atoms. The van der Waals surface area contributed by atoms with Crippen LogP contribution in [0.25, 0.3) is 0 Å². The summed E-state index contributed by atoms with van der Waals surface area (Å²) in [5, 5.41) is 14.4. The number of aliphatic hydroxyl groups is 1. The van der Waals surface area contributed by atoms with Gasteiger partial charge in [0.05, 0.1) is 18.7 Å². The van der Waals surface area contributed by atoms with Gasteiger partial charge in [-0.3, -0.25) is 4.68 Å². The van der Waals surface area contributed by atoms with Crippen LogP contribution in [0.5, 0.6) is 0 Å². The van der Waals surface area contributed by atoms with Crippen LogP contribution in [0.4, 0.5) is 5.82 Å². The third-order valence-corrected chi connectivity index (χ3v) is 3.82. The Balaban J connectivity index is 1.73. The Morgan fingerprint density at radius 2 is 2.05 bits per heavy atom. The second-order valence-electron chi connectivity index (χ2n) is 5.15. The first-order valence-electron chi connectivity index (χ1n) is 6.76. The van der Waals surface area contributed by atoms with Crippen LogP contribution < -0.4 is 4.90 Å². The zero-order valence-electron chi connectivity index (χ0n) is 11.1. The van der Waals surface area contributed by atoms with Gasteiger partial charge in [-0.05, 0) is 18.9 Å². The number of anilines is 1. The van der Waals surface area contributed by atoms with Crippen LogP contribution >= 0.6 is 0 Å². The standard InChI is InChI=1S/C15H19N3O/c1-12-14(19)7-10-18(12)15-8-9-17(16-15)11-13-5-3-2-4-6-13/h2-6,8-9,12,14,19H,7,10-11H2,1H3/t12-,14-/m0/s1. The topological polar surface area (TPSA) is 41.3 Å². The van der Waals surface area contributed by atoms with Gasteiger partial charge in [0.15, 0.2) is 5.82 Å². The molecular weight excluding hydrogens is 238 g/mol. The minimum Gasteiger partial charge on any atom is -0.391 e. The fourth-order valence-corrected chi connectivity index (χ4v) is 2.61. The van der Waals surface area contributed by atoms with Crippen molar-refractivity contribution >= 4 is 5.82 Å². The largest absolute Gasteiger partial charge is 0.391 e. The van der Waals surface area contributed by atoms with Gasteiger partial charge in [-0.25, -0.2) is 0 Å². The molecule has 1 saturated heterocycles. The monoisotopic (exact) mass is 257 g/mol. The predicted molar refractivity (Wildman–Crippen MR) is 75.2 cm³/mol. The number of nitrogens with zero attached hydrogens (tertiary/aromatic N) is 3. The number of aromatic nitrogens is 2. The third kappa shape index (κ3) is 2.49. The molecule has 0 amide bonds. The van der Waals surface area contributed by atoms with Crippen LogP contribution in [0.2, 0.25) is 0 Å². The highest BCUT2D eigenvalue weighted by Gasteiger charge is 2.30. The van der Waals surface area contributed by atoms with E-state index in [4.69, 9.17) is 0 Å². The minimum absolute atomic E-state index is 0.153. The molecule has 1 fully saturated rings. The first kappa shape index (κ1) is 12.2. The Morgan fingerprint density at radius 1 is 1.26 bits per heavy atom. The molecule has 1 aliphatic rings. The summed E-state index contributed by atoms with van der Waals surface area (Å²) in [5.74, 6) is 0.958. The van der Waals surface area contributed by atoms with Crippen LogP contribution in [-0.2, 0) is 6.54 Å². The third-order valence-electron chi connectivity index (χ3n) is 3.82. The van der Waals surface area contributed by atoms with Crippen molar-refractivity contribution in [1.82, 2.24) is 9.78 Å². The maximum atomic E-state index is 9.80. The fraction of sp³-hybridized carbons (Fsp3) is 0.400. The molecule has 1 aliphatic heterocycles. The van der Waals surface area contributed by atoms with Gasteiger partial charge in [0.25, 0.3) is 0 Å². The number of aliphatic hydroxyl groups excluding tert-OH is 1. The molecule has 0 radical (unpaired) electrons. The number of benzene rings is 1. The summed E-state index contributed by atoms with van der Waals surface area (Å²) in [6, 6.07) is 12.5. The van der Waals surface area contributed by atoms with Crippen molar-refractivity contribution in [2.24, 2.45) is 0 Å². The molecule has 3 rings (SSSR count). The van der Waals surface area contributed by atoms with Gasteiger partial charge >= 0.3 is 0 Å². The smallest absolute Gasteiger partial charge is 0.150 e. The molecule has 1 aromatic carbocycles. The van der Waals surface area contributed by atoms with E-state index in [0.29, 0.717) is 0 Å². The molecule has 19 heavy (non-hydrogen) atoms. The van der Waals surface area contributed by atoms with E-state index < -0.39 is 0 Å². The Morgan fingerprint density at radius 3 is 2.74 bits per heavy atom. The van der Waals surface area contributed by atoms with Crippen molar-refractivity contribution in [1.29, 1.82) is 0 Å². The van der Waals surface area contributed by atoms with E-state index in [-0.39, 0.29) is 12.1 Å². The molecule has 4 heteroatoms. The lowest BCUT2D eigenvalue weighted by Gasteiger charge is -2.22. The van der Waals surface area contributed by atoms with E-state index in [1.165, 1.54) is 5.56 Å². The van der Waals surface area contributed by atoms with E-state index >= 15 is 0 Å². The molecular formula is C15H19N3O. The molecule has 1 aromatic heterocycles. The maximum Gasteiger partial charge on any atom is 0.150 e. The van der Waals surface area contributed by atoms with Gasteiger partial charge in [0.2, 0.25) is 0 Å². The van der Waals surface area contributed by atoms with Crippen molar-refractivity contribution in [3.05, 3.63) is 48.2 Å². The van der Waals surface area contributed by atoms with E-state index in [9.17, 15) is 5.11 Å². The molecule has 4 nitrogen and oxygen atoms in total. The molecule has 0 aliphatic carbocycles. The highest BCUT2D eigenvalue weighted by Crippen LogP contribution is 2.23. The Bertz CT molecular complexity index is 537. The normalized spacial score (nSPS) is 22.9. The van der Waals surface area contributed by atoms with Gasteiger partial charge in [-0.15, -0.1) is 0 Å². The van der Waals surface area contributed by atoms with E-state index in [1.54, 1.807) is 0 Å². The molecule has 2 aromatic rings. The second-order valence-corrected chi connectivity index (χ2v) is 5.15. The maximum absolute atomic E-state index is 9.80. The molecule has 100 valence electrons. The summed E-state index contributed by atoms with van der Waals surface area (Å²) in [7, 11) is 0. The van der Waals surface area contributed by atoms with Crippen molar-refractivity contribution in [3.63, 3.8) is 0 Å². The lowest BCUT2D eigenvalue weighted by Crippen LogP contribution is -2.32. The summed E-state index contributed by atoms with van der Waals surface area (Å²) < 4.78 is 1.95. The summed E-state index contributed by atoms with van der Waals surface area (Å²) in [6.07, 6.45) is 2.59. The van der Waals surface area contributed by atoms with Crippen molar-refractivity contribution in [2.75, 3.05) is 11.4 Å². The molecule has 2 atom stereocenters. The van der Waals surface area contributed by atoms with Crippen LogP contribution in [0.3, 0.4) is 0 Å². The Hall–Kier alpha value is -1.81. The van der Waals surface area contributed by atoms with Crippen LogP contribution in [0, 0.1) is 0 Å². The van der Waals surface area contributed by atoms with Gasteiger partial charge in [-0.1, -0.05) is 30.3 Å².